The molecule has 0 fully saturated rings. The van der Waals surface area contributed by atoms with E-state index in [1.54, 1.807) is 6.92 Å². The summed E-state index contributed by atoms with van der Waals surface area (Å²) < 4.78 is 0. The van der Waals surface area contributed by atoms with Crippen molar-refractivity contribution in [2.45, 2.75) is 13.0 Å². The van der Waals surface area contributed by atoms with Crippen LogP contribution in [0.4, 0.5) is 0 Å². The molecule has 0 aliphatic carbocycles. The molecule has 0 aliphatic heterocycles. The Kier molecular flexibility index (Phi) is 6.76. The number of hydrogen-bond donors (Lipinski definition) is 1. The van der Waals surface area contributed by atoms with Crippen LogP contribution in [0.25, 0.3) is 0 Å². The summed E-state index contributed by atoms with van der Waals surface area (Å²) in [5.74, 6) is -0.225. The van der Waals surface area contributed by atoms with Crippen LogP contribution in [0.2, 0.25) is 0 Å². The number of hydrogen-bond acceptors (Lipinski definition) is 3. The highest BCUT2D eigenvalue weighted by molar-refractivity contribution is 5.85. The Labute approximate surface area is 66.7 Å². The third kappa shape index (κ3) is 3.66. The summed E-state index contributed by atoms with van der Waals surface area (Å²) in [6.07, 6.45) is 0. The monoisotopic (exact) mass is 168 g/mol. The SMILES string of the molecule is CON(C)C(=O)[C@H](C)N.Cl. The molecule has 2 N–H and O–H groups in total. The molecular weight excluding hydrogens is 156 g/mol. The van der Waals surface area contributed by atoms with Crippen molar-refractivity contribution in [3.8, 4) is 0 Å². The topological polar surface area (TPSA) is 55.6 Å². The number of nitrogens with zero attached hydrogens (tertiary/aromatic N) is 1. The van der Waals surface area contributed by atoms with E-state index in [1.165, 1.54) is 14.2 Å². The van der Waals surface area contributed by atoms with E-state index in [-0.39, 0.29) is 18.3 Å². The van der Waals surface area contributed by atoms with Crippen molar-refractivity contribution < 1.29 is 9.63 Å². The average Bonchev–Trinajstić information content (AvgIpc) is 1.84. The predicted molar refractivity (Wildman–Crippen MR) is 40.7 cm³/mol. The minimum Gasteiger partial charge on any atom is -0.320 e. The number of halogens is 1. The summed E-state index contributed by atoms with van der Waals surface area (Å²) in [7, 11) is 2.94. The maximum Gasteiger partial charge on any atom is 0.262 e. The molecule has 1 atom stereocenters. The average molecular weight is 169 g/mol. The number of amides is 1. The van der Waals surface area contributed by atoms with Gasteiger partial charge < -0.3 is 5.73 Å². The van der Waals surface area contributed by atoms with Crippen LogP contribution >= 0.6 is 12.4 Å². The van der Waals surface area contributed by atoms with Crippen molar-refractivity contribution in [1.82, 2.24) is 5.06 Å². The Morgan fingerprint density at radius 3 is 2.20 bits per heavy atom. The Morgan fingerprint density at radius 2 is 2.10 bits per heavy atom. The number of rotatable bonds is 2. The quantitative estimate of drug-likeness (QED) is 0.580. The normalized spacial score (nSPS) is 11.6. The second kappa shape index (κ2) is 5.46. The van der Waals surface area contributed by atoms with Gasteiger partial charge in [-0.1, -0.05) is 0 Å². The van der Waals surface area contributed by atoms with Crippen LogP contribution < -0.4 is 5.73 Å². The first kappa shape index (κ1) is 12.4. The lowest BCUT2D eigenvalue weighted by molar-refractivity contribution is -0.169. The van der Waals surface area contributed by atoms with Crippen LogP contribution in [0, 0.1) is 0 Å². The molecule has 0 radical (unpaired) electrons. The molecule has 62 valence electrons. The van der Waals surface area contributed by atoms with E-state index in [4.69, 9.17) is 5.73 Å². The number of likely N-dealkylation sites (N-methyl/N-ethyl adjacent to an activating group) is 1. The highest BCUT2D eigenvalue weighted by Crippen LogP contribution is 1.86. The van der Waals surface area contributed by atoms with E-state index in [1.807, 2.05) is 0 Å². The maximum atomic E-state index is 10.7. The lowest BCUT2D eigenvalue weighted by atomic mass is 10.3. The first-order valence-electron chi connectivity index (χ1n) is 2.67. The first-order chi connectivity index (χ1) is 4.09. The molecule has 0 aromatic carbocycles. The van der Waals surface area contributed by atoms with Gasteiger partial charge in [0, 0.05) is 7.05 Å². The molecule has 10 heavy (non-hydrogen) atoms. The van der Waals surface area contributed by atoms with Gasteiger partial charge in [0.15, 0.2) is 0 Å². The number of carbonyl (C=O) groups is 1. The Bertz CT molecular complexity index is 108. The zero-order valence-corrected chi connectivity index (χ0v) is 7.14. The molecule has 0 rings (SSSR count). The minimum absolute atomic E-state index is 0. The maximum absolute atomic E-state index is 10.7. The van der Waals surface area contributed by atoms with Crippen molar-refractivity contribution in [3.63, 3.8) is 0 Å². The predicted octanol–water partition coefficient (Wildman–Crippen LogP) is -0.225. The number of hydroxylamine groups is 2. The van der Waals surface area contributed by atoms with Gasteiger partial charge in [-0.05, 0) is 6.92 Å². The van der Waals surface area contributed by atoms with Crippen LogP contribution in [-0.4, -0.2) is 31.2 Å². The van der Waals surface area contributed by atoms with Crippen molar-refractivity contribution in [1.29, 1.82) is 0 Å². The van der Waals surface area contributed by atoms with Gasteiger partial charge in [-0.25, -0.2) is 5.06 Å². The molecule has 0 heterocycles. The molecule has 0 saturated carbocycles. The fourth-order valence-electron chi connectivity index (χ4n) is 0.377. The van der Waals surface area contributed by atoms with E-state index >= 15 is 0 Å². The lowest BCUT2D eigenvalue weighted by Crippen LogP contribution is -2.38. The molecular formula is C5H13ClN2O2. The van der Waals surface area contributed by atoms with Crippen LogP contribution in [0.1, 0.15) is 6.92 Å². The first-order valence-corrected chi connectivity index (χ1v) is 2.67. The molecule has 4 nitrogen and oxygen atoms in total. The molecule has 0 aromatic rings. The summed E-state index contributed by atoms with van der Waals surface area (Å²) in [5.41, 5.74) is 5.24. The van der Waals surface area contributed by atoms with Crippen LogP contribution in [0.5, 0.6) is 0 Å². The summed E-state index contributed by atoms with van der Waals surface area (Å²) in [6.45, 7) is 1.61. The van der Waals surface area contributed by atoms with Crippen LogP contribution in [0.3, 0.4) is 0 Å². The van der Waals surface area contributed by atoms with Crippen molar-refractivity contribution in [2.75, 3.05) is 14.2 Å². The summed E-state index contributed by atoms with van der Waals surface area (Å²) >= 11 is 0. The van der Waals surface area contributed by atoms with Gasteiger partial charge in [-0.3, -0.25) is 9.63 Å². The molecule has 0 aromatic heterocycles. The van der Waals surface area contributed by atoms with Gasteiger partial charge in [-0.2, -0.15) is 0 Å². The Morgan fingerprint density at radius 1 is 1.70 bits per heavy atom. The van der Waals surface area contributed by atoms with Crippen molar-refractivity contribution in [3.05, 3.63) is 0 Å². The smallest absolute Gasteiger partial charge is 0.262 e. The summed E-state index contributed by atoms with van der Waals surface area (Å²) in [5, 5.41) is 1.10. The van der Waals surface area contributed by atoms with E-state index in [0.717, 1.165) is 5.06 Å². The number of carbonyl (C=O) groups excluding carboxylic acids is 1. The van der Waals surface area contributed by atoms with Gasteiger partial charge >= 0.3 is 0 Å². The van der Waals surface area contributed by atoms with Gasteiger partial charge in [0.25, 0.3) is 5.91 Å². The highest BCUT2D eigenvalue weighted by atomic mass is 35.5. The second-order valence-corrected chi connectivity index (χ2v) is 1.81. The Balaban J connectivity index is 0. The van der Waals surface area contributed by atoms with E-state index in [9.17, 15) is 4.79 Å². The molecule has 5 heteroatoms. The van der Waals surface area contributed by atoms with E-state index in [2.05, 4.69) is 4.84 Å². The zero-order chi connectivity index (χ0) is 7.44. The van der Waals surface area contributed by atoms with Gasteiger partial charge in [0.05, 0.1) is 13.2 Å². The third-order valence-electron chi connectivity index (χ3n) is 0.974. The highest BCUT2D eigenvalue weighted by Gasteiger charge is 2.11. The molecule has 0 spiro atoms. The van der Waals surface area contributed by atoms with Gasteiger partial charge in [0.1, 0.15) is 0 Å². The summed E-state index contributed by atoms with van der Waals surface area (Å²) in [4.78, 5) is 15.3. The van der Waals surface area contributed by atoms with Crippen molar-refractivity contribution in [2.24, 2.45) is 5.73 Å². The molecule has 0 bridgehead atoms. The molecule has 0 unspecified atom stereocenters. The van der Waals surface area contributed by atoms with Crippen LogP contribution in [0.15, 0.2) is 0 Å². The minimum atomic E-state index is -0.491. The number of nitrogens with two attached hydrogens (primary N) is 1. The fourth-order valence-corrected chi connectivity index (χ4v) is 0.377. The van der Waals surface area contributed by atoms with Gasteiger partial charge in [-0.15, -0.1) is 12.4 Å². The van der Waals surface area contributed by atoms with Crippen LogP contribution in [-0.2, 0) is 9.63 Å². The summed E-state index contributed by atoms with van der Waals surface area (Å²) in [6, 6.07) is -0.491. The third-order valence-corrected chi connectivity index (χ3v) is 0.974. The fraction of sp³-hybridized carbons (Fsp3) is 0.800. The largest absolute Gasteiger partial charge is 0.320 e. The van der Waals surface area contributed by atoms with Gasteiger partial charge in [0.2, 0.25) is 0 Å². The molecule has 0 saturated heterocycles. The van der Waals surface area contributed by atoms with E-state index in [0.29, 0.717) is 0 Å². The standard InChI is InChI=1S/C5H12N2O2.ClH/c1-4(6)5(8)7(2)9-3;/h4H,6H2,1-3H3;1H/t4-;/m0./s1. The Hall–Kier alpha value is -0.320. The second-order valence-electron chi connectivity index (χ2n) is 1.81. The lowest BCUT2D eigenvalue weighted by Gasteiger charge is -2.15. The molecule has 1 amide bonds. The molecule has 0 aliphatic rings. The van der Waals surface area contributed by atoms with Crippen molar-refractivity contribution >= 4 is 18.3 Å². The zero-order valence-electron chi connectivity index (χ0n) is 6.33. The van der Waals surface area contributed by atoms with E-state index < -0.39 is 6.04 Å².